The predicted molar refractivity (Wildman–Crippen MR) is 66.5 cm³/mol. The summed E-state index contributed by atoms with van der Waals surface area (Å²) in [5.74, 6) is -2.47. The van der Waals surface area contributed by atoms with E-state index in [1.807, 2.05) is 0 Å². The van der Waals surface area contributed by atoms with Crippen LogP contribution in [0.3, 0.4) is 0 Å². The smallest absolute Gasteiger partial charge is 0.163 e. The molecule has 1 nitrogen and oxygen atoms in total. The van der Waals surface area contributed by atoms with Crippen molar-refractivity contribution >= 4 is 15.9 Å². The lowest BCUT2D eigenvalue weighted by atomic mass is 9.99. The highest BCUT2D eigenvalue weighted by atomic mass is 79.9. The fraction of sp³-hybridized carbons (Fsp3) is 0.0769. The zero-order chi connectivity index (χ0) is 13.3. The normalized spacial score (nSPS) is 12.5. The summed E-state index contributed by atoms with van der Waals surface area (Å²) in [7, 11) is 0. The van der Waals surface area contributed by atoms with Crippen LogP contribution in [0.1, 0.15) is 17.2 Å². The molecule has 0 heterocycles. The number of rotatable bonds is 2. The molecule has 2 aromatic carbocycles. The van der Waals surface area contributed by atoms with Gasteiger partial charge in [-0.15, -0.1) is 0 Å². The van der Waals surface area contributed by atoms with Crippen LogP contribution >= 0.6 is 15.9 Å². The van der Waals surface area contributed by atoms with Crippen molar-refractivity contribution in [3.05, 3.63) is 69.4 Å². The first-order valence-electron chi connectivity index (χ1n) is 5.15. The van der Waals surface area contributed by atoms with Gasteiger partial charge in [-0.3, -0.25) is 0 Å². The Bertz CT molecular complexity index is 584. The average molecular weight is 316 g/mol. The van der Waals surface area contributed by atoms with Crippen molar-refractivity contribution < 1.29 is 13.2 Å². The summed E-state index contributed by atoms with van der Waals surface area (Å²) in [4.78, 5) is 0. The van der Waals surface area contributed by atoms with Gasteiger partial charge in [-0.2, -0.15) is 0 Å². The third-order valence-corrected chi connectivity index (χ3v) is 3.33. The van der Waals surface area contributed by atoms with Crippen LogP contribution < -0.4 is 5.73 Å². The van der Waals surface area contributed by atoms with E-state index < -0.39 is 23.5 Å². The molecule has 0 saturated heterocycles. The predicted octanol–water partition coefficient (Wildman–Crippen LogP) is 3.91. The van der Waals surface area contributed by atoms with Crippen molar-refractivity contribution in [2.24, 2.45) is 5.73 Å². The number of hydrogen-bond donors (Lipinski definition) is 1. The van der Waals surface area contributed by atoms with E-state index >= 15 is 0 Å². The molecule has 0 aliphatic heterocycles. The van der Waals surface area contributed by atoms with Crippen LogP contribution in [0.5, 0.6) is 0 Å². The molecule has 0 bridgehead atoms. The van der Waals surface area contributed by atoms with Crippen LogP contribution in [0.15, 0.2) is 40.9 Å². The Kier molecular flexibility index (Phi) is 3.73. The second-order valence-electron chi connectivity index (χ2n) is 3.79. The van der Waals surface area contributed by atoms with Gasteiger partial charge in [0.05, 0.1) is 6.04 Å². The Morgan fingerprint density at radius 1 is 1.00 bits per heavy atom. The van der Waals surface area contributed by atoms with Crippen molar-refractivity contribution in [3.8, 4) is 0 Å². The molecule has 0 aliphatic rings. The molecule has 0 aromatic heterocycles. The van der Waals surface area contributed by atoms with Gasteiger partial charge in [0.1, 0.15) is 5.82 Å². The van der Waals surface area contributed by atoms with Crippen molar-refractivity contribution in [3.63, 3.8) is 0 Å². The Balaban J connectivity index is 2.51. The largest absolute Gasteiger partial charge is 0.320 e. The lowest BCUT2D eigenvalue weighted by molar-refractivity contribution is 0.494. The second-order valence-corrected chi connectivity index (χ2v) is 4.64. The summed E-state index contributed by atoms with van der Waals surface area (Å²) >= 11 is 3.21. The Labute approximate surface area is 111 Å². The molecule has 0 saturated carbocycles. The van der Waals surface area contributed by atoms with Gasteiger partial charge in [-0.25, -0.2) is 13.2 Å². The van der Waals surface area contributed by atoms with E-state index in [2.05, 4.69) is 15.9 Å². The average Bonchev–Trinajstić information content (AvgIpc) is 2.35. The SMILES string of the molecule is NC(c1cc(F)ccc1Br)c1cccc(F)c1F. The van der Waals surface area contributed by atoms with Gasteiger partial charge in [0.25, 0.3) is 0 Å². The minimum Gasteiger partial charge on any atom is -0.320 e. The molecule has 1 atom stereocenters. The number of halogens is 4. The van der Waals surface area contributed by atoms with Gasteiger partial charge >= 0.3 is 0 Å². The van der Waals surface area contributed by atoms with Gasteiger partial charge in [0.2, 0.25) is 0 Å². The zero-order valence-corrected chi connectivity index (χ0v) is 10.7. The topological polar surface area (TPSA) is 26.0 Å². The van der Waals surface area contributed by atoms with E-state index in [1.165, 1.54) is 30.3 Å². The van der Waals surface area contributed by atoms with Crippen LogP contribution in [0.4, 0.5) is 13.2 Å². The monoisotopic (exact) mass is 315 g/mol. The van der Waals surface area contributed by atoms with E-state index in [9.17, 15) is 13.2 Å². The number of nitrogens with two attached hydrogens (primary N) is 1. The molecule has 0 spiro atoms. The van der Waals surface area contributed by atoms with Crippen molar-refractivity contribution in [1.29, 1.82) is 0 Å². The fourth-order valence-electron chi connectivity index (χ4n) is 1.68. The van der Waals surface area contributed by atoms with Crippen molar-refractivity contribution in [2.45, 2.75) is 6.04 Å². The van der Waals surface area contributed by atoms with E-state index in [4.69, 9.17) is 5.73 Å². The Morgan fingerprint density at radius 2 is 1.72 bits per heavy atom. The summed E-state index contributed by atoms with van der Waals surface area (Å²) in [5, 5.41) is 0. The molecule has 18 heavy (non-hydrogen) atoms. The van der Waals surface area contributed by atoms with Crippen LogP contribution in [0.25, 0.3) is 0 Å². The van der Waals surface area contributed by atoms with Crippen LogP contribution in [0, 0.1) is 17.5 Å². The van der Waals surface area contributed by atoms with Crippen molar-refractivity contribution in [1.82, 2.24) is 0 Å². The highest BCUT2D eigenvalue weighted by molar-refractivity contribution is 9.10. The van der Waals surface area contributed by atoms with Crippen molar-refractivity contribution in [2.75, 3.05) is 0 Å². The fourth-order valence-corrected chi connectivity index (χ4v) is 2.17. The van der Waals surface area contributed by atoms with Gasteiger partial charge < -0.3 is 5.73 Å². The minimum atomic E-state index is -1.01. The molecule has 2 aromatic rings. The van der Waals surface area contributed by atoms with Gasteiger partial charge in [-0.05, 0) is 29.8 Å². The maximum Gasteiger partial charge on any atom is 0.163 e. The van der Waals surface area contributed by atoms with Crippen LogP contribution in [0.2, 0.25) is 0 Å². The number of hydrogen-bond acceptors (Lipinski definition) is 1. The summed E-state index contributed by atoms with van der Waals surface area (Å²) in [6.07, 6.45) is 0. The van der Waals surface area contributed by atoms with Crippen LogP contribution in [-0.2, 0) is 0 Å². The molecule has 94 valence electrons. The molecule has 2 rings (SSSR count). The first-order valence-corrected chi connectivity index (χ1v) is 5.94. The van der Waals surface area contributed by atoms with E-state index in [0.717, 1.165) is 6.07 Å². The lowest BCUT2D eigenvalue weighted by Gasteiger charge is -2.15. The molecular formula is C13H9BrF3N. The first-order chi connectivity index (χ1) is 8.50. The maximum atomic E-state index is 13.6. The summed E-state index contributed by atoms with van der Waals surface area (Å²) in [6.45, 7) is 0. The third kappa shape index (κ3) is 2.42. The standard InChI is InChI=1S/C13H9BrF3N/c14-10-5-4-7(15)6-9(10)13(18)8-2-1-3-11(16)12(8)17/h1-6,13H,18H2. The molecular weight excluding hydrogens is 307 g/mol. The summed E-state index contributed by atoms with van der Waals surface area (Å²) < 4.78 is 40.4. The van der Waals surface area contributed by atoms with Gasteiger partial charge in [0.15, 0.2) is 11.6 Å². The summed E-state index contributed by atoms with van der Waals surface area (Å²) in [5.41, 5.74) is 6.20. The molecule has 0 amide bonds. The highest BCUT2D eigenvalue weighted by Gasteiger charge is 2.18. The van der Waals surface area contributed by atoms with E-state index in [1.54, 1.807) is 0 Å². The molecule has 0 aliphatic carbocycles. The zero-order valence-electron chi connectivity index (χ0n) is 9.13. The number of benzene rings is 2. The van der Waals surface area contributed by atoms with Gasteiger partial charge in [-0.1, -0.05) is 28.1 Å². The third-order valence-electron chi connectivity index (χ3n) is 2.61. The molecule has 5 heteroatoms. The van der Waals surface area contributed by atoms with E-state index in [-0.39, 0.29) is 5.56 Å². The molecule has 1 unspecified atom stereocenters. The Hall–Kier alpha value is -1.33. The quantitative estimate of drug-likeness (QED) is 0.893. The van der Waals surface area contributed by atoms with Crippen LogP contribution in [-0.4, -0.2) is 0 Å². The Morgan fingerprint density at radius 3 is 2.44 bits per heavy atom. The lowest BCUT2D eigenvalue weighted by Crippen LogP contribution is -2.15. The minimum absolute atomic E-state index is 0.0127. The maximum absolute atomic E-state index is 13.6. The van der Waals surface area contributed by atoms with E-state index in [0.29, 0.717) is 10.0 Å². The second kappa shape index (κ2) is 5.12. The molecule has 0 fully saturated rings. The molecule has 0 radical (unpaired) electrons. The first kappa shape index (κ1) is 13.1. The highest BCUT2D eigenvalue weighted by Crippen LogP contribution is 2.29. The van der Waals surface area contributed by atoms with Gasteiger partial charge in [0, 0.05) is 10.0 Å². The summed E-state index contributed by atoms with van der Waals surface area (Å²) in [6, 6.07) is 6.72. The molecule has 2 N–H and O–H groups in total.